The van der Waals surface area contributed by atoms with Crippen LogP contribution in [-0.4, -0.2) is 15.6 Å². The fourth-order valence-corrected chi connectivity index (χ4v) is 3.32. The number of hydrogen-bond donors (Lipinski definition) is 1. The number of benzene rings is 2. The molecule has 0 spiro atoms. The van der Waals surface area contributed by atoms with E-state index in [1.807, 2.05) is 42.5 Å². The summed E-state index contributed by atoms with van der Waals surface area (Å²) in [5, 5.41) is 9.82. The molecule has 2 heterocycles. The lowest BCUT2D eigenvalue weighted by Gasteiger charge is -2.05. The lowest BCUT2D eigenvalue weighted by Crippen LogP contribution is -2.21. The first-order valence-corrected chi connectivity index (χ1v) is 9.49. The highest BCUT2D eigenvalue weighted by Crippen LogP contribution is 2.19. The van der Waals surface area contributed by atoms with Crippen molar-refractivity contribution in [3.63, 3.8) is 0 Å². The van der Waals surface area contributed by atoms with Gasteiger partial charge in [-0.25, -0.2) is 4.79 Å². The SMILES string of the molecule is Cn1c(=O)c(Cc2ccc(C(=O)O)cc2)cc2cc(C#CCc3ccccc3)oc21. The third-order valence-corrected chi connectivity index (χ3v) is 4.90. The van der Waals surface area contributed by atoms with Crippen LogP contribution in [-0.2, 0) is 19.9 Å². The predicted molar refractivity (Wildman–Crippen MR) is 115 cm³/mol. The van der Waals surface area contributed by atoms with E-state index >= 15 is 0 Å². The summed E-state index contributed by atoms with van der Waals surface area (Å²) < 4.78 is 7.27. The van der Waals surface area contributed by atoms with Gasteiger partial charge in [-0.15, -0.1) is 0 Å². The molecule has 0 radical (unpaired) electrons. The minimum absolute atomic E-state index is 0.150. The summed E-state index contributed by atoms with van der Waals surface area (Å²) in [6.07, 6.45) is 1.02. The summed E-state index contributed by atoms with van der Waals surface area (Å²) >= 11 is 0. The fourth-order valence-electron chi connectivity index (χ4n) is 3.32. The van der Waals surface area contributed by atoms with Crippen molar-refractivity contribution >= 4 is 17.1 Å². The molecule has 5 nitrogen and oxygen atoms in total. The predicted octanol–water partition coefficient (Wildman–Crippen LogP) is 4.01. The van der Waals surface area contributed by atoms with Gasteiger partial charge in [-0.2, -0.15) is 0 Å². The first-order valence-electron chi connectivity index (χ1n) is 9.49. The topological polar surface area (TPSA) is 72.4 Å². The molecule has 0 bridgehead atoms. The lowest BCUT2D eigenvalue weighted by molar-refractivity contribution is 0.0697. The van der Waals surface area contributed by atoms with Crippen LogP contribution in [0, 0.1) is 11.8 Å². The van der Waals surface area contributed by atoms with Gasteiger partial charge in [-0.05, 0) is 35.2 Å². The molecule has 0 aliphatic rings. The van der Waals surface area contributed by atoms with Crippen LogP contribution >= 0.6 is 0 Å². The van der Waals surface area contributed by atoms with Crippen molar-refractivity contribution in [2.75, 3.05) is 0 Å². The van der Waals surface area contributed by atoms with E-state index in [-0.39, 0.29) is 11.1 Å². The van der Waals surface area contributed by atoms with E-state index in [9.17, 15) is 9.59 Å². The second-order valence-electron chi connectivity index (χ2n) is 7.05. The van der Waals surface area contributed by atoms with E-state index < -0.39 is 5.97 Å². The lowest BCUT2D eigenvalue weighted by atomic mass is 10.0. The quantitative estimate of drug-likeness (QED) is 0.528. The highest BCUT2D eigenvalue weighted by molar-refractivity contribution is 5.87. The smallest absolute Gasteiger partial charge is 0.335 e. The molecule has 5 heteroatoms. The number of furan rings is 1. The maximum atomic E-state index is 12.7. The second kappa shape index (κ2) is 8.14. The maximum Gasteiger partial charge on any atom is 0.335 e. The van der Waals surface area contributed by atoms with Crippen LogP contribution in [0.3, 0.4) is 0 Å². The zero-order chi connectivity index (χ0) is 21.1. The average molecular weight is 397 g/mol. The number of aromatic carboxylic acids is 1. The highest BCUT2D eigenvalue weighted by Gasteiger charge is 2.12. The Morgan fingerprint density at radius 2 is 1.77 bits per heavy atom. The zero-order valence-corrected chi connectivity index (χ0v) is 16.4. The van der Waals surface area contributed by atoms with Crippen LogP contribution < -0.4 is 5.56 Å². The maximum absolute atomic E-state index is 12.7. The molecule has 0 amide bonds. The van der Waals surface area contributed by atoms with E-state index in [0.717, 1.165) is 16.5 Å². The van der Waals surface area contributed by atoms with E-state index in [4.69, 9.17) is 9.52 Å². The molecule has 0 saturated carbocycles. The van der Waals surface area contributed by atoms with Crippen molar-refractivity contribution in [2.45, 2.75) is 12.8 Å². The Balaban J connectivity index is 1.61. The Hall–Kier alpha value is -4.04. The summed E-state index contributed by atoms with van der Waals surface area (Å²) in [6, 6.07) is 20.1. The van der Waals surface area contributed by atoms with Gasteiger partial charge in [0.15, 0.2) is 5.76 Å². The molecular formula is C25H19NO4. The van der Waals surface area contributed by atoms with Crippen LogP contribution in [0.5, 0.6) is 0 Å². The van der Waals surface area contributed by atoms with Gasteiger partial charge in [0.25, 0.3) is 5.56 Å². The number of carboxylic acid groups (broad SMARTS) is 1. The Morgan fingerprint density at radius 3 is 2.47 bits per heavy atom. The van der Waals surface area contributed by atoms with Crippen LogP contribution in [0.15, 0.2) is 75.9 Å². The van der Waals surface area contributed by atoms with Crippen LogP contribution in [0.25, 0.3) is 11.1 Å². The minimum Gasteiger partial charge on any atom is -0.478 e. The van der Waals surface area contributed by atoms with Crippen LogP contribution in [0.4, 0.5) is 0 Å². The largest absolute Gasteiger partial charge is 0.478 e. The Labute approximate surface area is 173 Å². The summed E-state index contributed by atoms with van der Waals surface area (Å²) in [4.78, 5) is 23.7. The van der Waals surface area contributed by atoms with Crippen LogP contribution in [0.2, 0.25) is 0 Å². The van der Waals surface area contributed by atoms with Gasteiger partial charge >= 0.3 is 5.97 Å². The number of carboxylic acids is 1. The molecule has 0 fully saturated rings. The van der Waals surface area contributed by atoms with Gasteiger partial charge in [0.2, 0.25) is 5.71 Å². The third kappa shape index (κ3) is 4.03. The van der Waals surface area contributed by atoms with Gasteiger partial charge in [0.1, 0.15) is 0 Å². The van der Waals surface area contributed by atoms with E-state index in [1.54, 1.807) is 31.3 Å². The number of aryl methyl sites for hydroxylation is 1. The molecule has 0 atom stereocenters. The van der Waals surface area contributed by atoms with Crippen molar-refractivity contribution in [1.29, 1.82) is 0 Å². The highest BCUT2D eigenvalue weighted by atomic mass is 16.4. The molecule has 0 saturated heterocycles. The number of pyridine rings is 1. The number of carbonyl (C=O) groups is 1. The van der Waals surface area contributed by atoms with Gasteiger partial charge in [0, 0.05) is 36.9 Å². The third-order valence-electron chi connectivity index (χ3n) is 4.90. The van der Waals surface area contributed by atoms with Crippen molar-refractivity contribution in [1.82, 2.24) is 4.57 Å². The molecule has 148 valence electrons. The molecule has 1 N–H and O–H groups in total. The van der Waals surface area contributed by atoms with Crippen molar-refractivity contribution in [2.24, 2.45) is 7.05 Å². The number of rotatable bonds is 4. The van der Waals surface area contributed by atoms with Gasteiger partial charge in [-0.1, -0.05) is 48.4 Å². The monoisotopic (exact) mass is 397 g/mol. The molecule has 2 aromatic carbocycles. The Morgan fingerprint density at radius 1 is 1.03 bits per heavy atom. The van der Waals surface area contributed by atoms with E-state index in [0.29, 0.717) is 29.9 Å². The van der Waals surface area contributed by atoms with E-state index in [2.05, 4.69) is 11.8 Å². The summed E-state index contributed by atoms with van der Waals surface area (Å²) in [5.41, 5.74) is 3.15. The second-order valence-corrected chi connectivity index (χ2v) is 7.05. The van der Waals surface area contributed by atoms with Gasteiger partial charge in [0.05, 0.1) is 5.56 Å². The molecule has 2 aromatic heterocycles. The summed E-state index contributed by atoms with van der Waals surface area (Å²) in [7, 11) is 1.67. The average Bonchev–Trinajstić information content (AvgIpc) is 3.16. The molecule has 0 aliphatic carbocycles. The van der Waals surface area contributed by atoms with Crippen molar-refractivity contribution in [3.8, 4) is 11.8 Å². The molecule has 0 unspecified atom stereocenters. The van der Waals surface area contributed by atoms with Crippen molar-refractivity contribution in [3.05, 3.63) is 105 Å². The normalized spacial score (nSPS) is 10.6. The first kappa shape index (κ1) is 19.3. The van der Waals surface area contributed by atoms with E-state index in [1.165, 1.54) is 4.57 Å². The molecule has 4 aromatic rings. The van der Waals surface area contributed by atoms with Gasteiger partial charge in [-0.3, -0.25) is 9.36 Å². The van der Waals surface area contributed by atoms with Crippen molar-refractivity contribution < 1.29 is 14.3 Å². The number of hydrogen-bond acceptors (Lipinski definition) is 3. The standard InChI is InChI=1S/C25H19NO4/c1-26-23(27)20(14-18-10-12-19(13-11-18)25(28)29)15-21-16-22(30-24(21)26)9-5-8-17-6-3-2-4-7-17/h2-4,6-7,10-13,15-16H,8,14H2,1H3,(H,28,29). The molecule has 4 rings (SSSR count). The summed E-state index contributed by atoms with van der Waals surface area (Å²) in [5.74, 6) is 5.67. The zero-order valence-electron chi connectivity index (χ0n) is 16.4. The Bertz CT molecular complexity index is 1330. The minimum atomic E-state index is -0.974. The van der Waals surface area contributed by atoms with Crippen LogP contribution in [0.1, 0.15) is 32.8 Å². The summed E-state index contributed by atoms with van der Waals surface area (Å²) in [6.45, 7) is 0. The molecule has 0 aliphatic heterocycles. The Kier molecular flexibility index (Phi) is 5.23. The number of fused-ring (bicyclic) bond motifs is 1. The number of aromatic nitrogens is 1. The molecule has 30 heavy (non-hydrogen) atoms. The molecular weight excluding hydrogens is 378 g/mol. The van der Waals surface area contributed by atoms with Gasteiger partial charge < -0.3 is 9.52 Å². The first-order chi connectivity index (χ1) is 14.5. The fraction of sp³-hybridized carbons (Fsp3) is 0.120. The number of nitrogens with zero attached hydrogens (tertiary/aromatic N) is 1.